The summed E-state index contributed by atoms with van der Waals surface area (Å²) >= 11 is 0. The van der Waals surface area contributed by atoms with Gasteiger partial charge in [0.15, 0.2) is 0 Å². The number of nitrogens with zero attached hydrogens (tertiary/aromatic N) is 4. The van der Waals surface area contributed by atoms with E-state index < -0.39 is 5.60 Å². The van der Waals surface area contributed by atoms with Gasteiger partial charge in [-0.15, -0.1) is 0 Å². The third-order valence-corrected chi connectivity index (χ3v) is 6.79. The molecule has 2 aliphatic rings. The molecule has 2 amide bonds. The Morgan fingerprint density at radius 3 is 2.62 bits per heavy atom. The van der Waals surface area contributed by atoms with Crippen molar-refractivity contribution in [1.82, 2.24) is 19.6 Å². The molecule has 2 saturated heterocycles. The maximum Gasteiger partial charge on any atom is 0.410 e. The van der Waals surface area contributed by atoms with Gasteiger partial charge in [0, 0.05) is 37.3 Å². The number of aromatic nitrogens is 2. The van der Waals surface area contributed by atoms with E-state index in [-0.39, 0.29) is 12.0 Å². The number of rotatable bonds is 4. The van der Waals surface area contributed by atoms with E-state index >= 15 is 0 Å². The van der Waals surface area contributed by atoms with Crippen LogP contribution in [0.2, 0.25) is 0 Å². The molecule has 5 rings (SSSR count). The molecular weight excluding hydrogens is 428 g/mol. The fraction of sp³-hybridized carbons (Fsp3) is 0.370. The number of hydrogen-bond donors (Lipinski definition) is 0. The largest absolute Gasteiger partial charge is 0.441 e. The predicted octanol–water partition coefficient (Wildman–Crippen LogP) is 4.51. The summed E-state index contributed by atoms with van der Waals surface area (Å²) in [6, 6.07) is 19.6. The summed E-state index contributed by atoms with van der Waals surface area (Å²) in [4.78, 5) is 29.7. The van der Waals surface area contributed by atoms with Crippen molar-refractivity contribution in [3.05, 3.63) is 83.2 Å². The first-order valence-corrected chi connectivity index (χ1v) is 11.9. The quantitative estimate of drug-likeness (QED) is 0.577. The second-order valence-electron chi connectivity index (χ2n) is 9.43. The van der Waals surface area contributed by atoms with Gasteiger partial charge in [0.2, 0.25) is 0 Å². The number of amides is 2. The average Bonchev–Trinajstić information content (AvgIpc) is 3.24. The van der Waals surface area contributed by atoms with Crippen LogP contribution in [0.3, 0.4) is 0 Å². The van der Waals surface area contributed by atoms with E-state index in [0.717, 1.165) is 35.5 Å². The van der Waals surface area contributed by atoms with Crippen LogP contribution in [0.1, 0.15) is 46.6 Å². The molecule has 0 radical (unpaired) electrons. The normalized spacial score (nSPS) is 20.5. The van der Waals surface area contributed by atoms with Crippen LogP contribution in [0, 0.1) is 13.8 Å². The molecule has 176 valence electrons. The van der Waals surface area contributed by atoms with Crippen molar-refractivity contribution in [2.45, 2.75) is 45.3 Å². The SMILES string of the molecule is Cc1cc(C)n(-c2cccc(C(=O)N3CCCC4(CC3)CN(Cc3ccccc3)C(=O)O4)c2)n1. The van der Waals surface area contributed by atoms with Crippen molar-refractivity contribution in [3.63, 3.8) is 0 Å². The highest BCUT2D eigenvalue weighted by atomic mass is 16.6. The molecule has 1 aromatic heterocycles. The number of aryl methyl sites for hydroxylation is 2. The third kappa shape index (κ3) is 4.42. The Morgan fingerprint density at radius 1 is 1.03 bits per heavy atom. The second kappa shape index (κ2) is 8.97. The monoisotopic (exact) mass is 458 g/mol. The smallest absolute Gasteiger partial charge is 0.410 e. The molecule has 1 atom stereocenters. The third-order valence-electron chi connectivity index (χ3n) is 6.79. The first-order valence-electron chi connectivity index (χ1n) is 11.9. The van der Waals surface area contributed by atoms with Gasteiger partial charge in [0.1, 0.15) is 5.60 Å². The lowest BCUT2D eigenvalue weighted by molar-refractivity contribution is 0.0438. The minimum absolute atomic E-state index is 0.00546. The van der Waals surface area contributed by atoms with Gasteiger partial charge >= 0.3 is 6.09 Å². The first kappa shape index (κ1) is 22.2. The summed E-state index contributed by atoms with van der Waals surface area (Å²) in [7, 11) is 0. The van der Waals surface area contributed by atoms with E-state index in [1.54, 1.807) is 4.90 Å². The number of benzene rings is 2. The summed E-state index contributed by atoms with van der Waals surface area (Å²) in [5.41, 5.74) is 4.07. The highest BCUT2D eigenvalue weighted by Crippen LogP contribution is 2.34. The number of carbonyl (C=O) groups is 2. The molecule has 0 bridgehead atoms. The van der Waals surface area contributed by atoms with Crippen LogP contribution in [-0.2, 0) is 11.3 Å². The van der Waals surface area contributed by atoms with Crippen LogP contribution in [0.4, 0.5) is 4.79 Å². The van der Waals surface area contributed by atoms with E-state index in [4.69, 9.17) is 4.74 Å². The molecule has 34 heavy (non-hydrogen) atoms. The molecule has 0 aliphatic carbocycles. The fourth-order valence-corrected chi connectivity index (χ4v) is 5.09. The number of likely N-dealkylation sites (tertiary alicyclic amines) is 1. The zero-order valence-electron chi connectivity index (χ0n) is 19.7. The maximum atomic E-state index is 13.4. The summed E-state index contributed by atoms with van der Waals surface area (Å²) in [6.45, 7) is 6.30. The zero-order chi connectivity index (χ0) is 23.7. The van der Waals surface area contributed by atoms with Crippen molar-refractivity contribution < 1.29 is 14.3 Å². The number of hydrogen-bond acceptors (Lipinski definition) is 4. The lowest BCUT2D eigenvalue weighted by atomic mass is 9.95. The Bertz CT molecular complexity index is 1210. The van der Waals surface area contributed by atoms with E-state index in [2.05, 4.69) is 5.10 Å². The number of carbonyl (C=O) groups excluding carboxylic acids is 2. The van der Waals surface area contributed by atoms with Crippen LogP contribution in [0.25, 0.3) is 5.69 Å². The Labute approximate surface area is 199 Å². The van der Waals surface area contributed by atoms with Crippen LogP contribution in [-0.4, -0.2) is 56.8 Å². The van der Waals surface area contributed by atoms with Gasteiger partial charge < -0.3 is 9.64 Å². The minimum atomic E-state index is -0.521. The Kier molecular flexibility index (Phi) is 5.86. The molecule has 3 heterocycles. The Morgan fingerprint density at radius 2 is 1.85 bits per heavy atom. The standard InChI is InChI=1S/C27H30N4O3/c1-20-16-21(2)31(28-20)24-11-6-10-23(17-24)25(32)29-14-7-12-27(13-15-29)19-30(26(33)34-27)18-22-8-4-3-5-9-22/h3-6,8-11,16-17H,7,12-15,18-19H2,1-2H3. The van der Waals surface area contributed by atoms with Crippen LogP contribution < -0.4 is 0 Å². The van der Waals surface area contributed by atoms with Crippen molar-refractivity contribution in [2.24, 2.45) is 0 Å². The Balaban J connectivity index is 1.27. The highest BCUT2D eigenvalue weighted by Gasteiger charge is 2.46. The Hall–Kier alpha value is -3.61. The topological polar surface area (TPSA) is 67.7 Å². The van der Waals surface area contributed by atoms with Gasteiger partial charge in [-0.25, -0.2) is 9.48 Å². The van der Waals surface area contributed by atoms with Gasteiger partial charge in [-0.2, -0.15) is 5.10 Å². The molecule has 0 saturated carbocycles. The van der Waals surface area contributed by atoms with Crippen molar-refractivity contribution in [2.75, 3.05) is 19.6 Å². The van der Waals surface area contributed by atoms with Crippen molar-refractivity contribution >= 4 is 12.0 Å². The molecule has 3 aromatic rings. The van der Waals surface area contributed by atoms with E-state index in [9.17, 15) is 9.59 Å². The lowest BCUT2D eigenvalue weighted by Crippen LogP contribution is -2.37. The van der Waals surface area contributed by atoms with Crippen LogP contribution >= 0.6 is 0 Å². The van der Waals surface area contributed by atoms with Crippen molar-refractivity contribution in [3.8, 4) is 5.69 Å². The number of ether oxygens (including phenoxy) is 1. The van der Waals surface area contributed by atoms with E-state index in [0.29, 0.717) is 38.2 Å². The summed E-state index contributed by atoms with van der Waals surface area (Å²) in [5.74, 6) is 0.00546. The predicted molar refractivity (Wildman–Crippen MR) is 129 cm³/mol. The van der Waals surface area contributed by atoms with Crippen LogP contribution in [0.5, 0.6) is 0 Å². The lowest BCUT2D eigenvalue weighted by Gasteiger charge is -2.25. The van der Waals surface area contributed by atoms with Gasteiger partial charge in [0.25, 0.3) is 5.91 Å². The highest BCUT2D eigenvalue weighted by molar-refractivity contribution is 5.94. The summed E-state index contributed by atoms with van der Waals surface area (Å²) in [5, 5.41) is 4.54. The summed E-state index contributed by atoms with van der Waals surface area (Å²) in [6.07, 6.45) is 1.95. The second-order valence-corrected chi connectivity index (χ2v) is 9.43. The average molecular weight is 459 g/mol. The van der Waals surface area contributed by atoms with Crippen molar-refractivity contribution in [1.29, 1.82) is 0 Å². The molecular formula is C27H30N4O3. The van der Waals surface area contributed by atoms with Gasteiger partial charge in [-0.05, 0) is 56.5 Å². The molecule has 7 heteroatoms. The molecule has 1 spiro atoms. The van der Waals surface area contributed by atoms with Gasteiger partial charge in [-0.3, -0.25) is 9.69 Å². The summed E-state index contributed by atoms with van der Waals surface area (Å²) < 4.78 is 7.78. The van der Waals surface area contributed by atoms with Gasteiger partial charge in [0.05, 0.1) is 17.9 Å². The molecule has 1 unspecified atom stereocenters. The zero-order valence-corrected chi connectivity index (χ0v) is 19.7. The minimum Gasteiger partial charge on any atom is -0.441 e. The van der Waals surface area contributed by atoms with E-state index in [1.807, 2.05) is 84.1 Å². The molecule has 2 fully saturated rings. The van der Waals surface area contributed by atoms with Crippen LogP contribution in [0.15, 0.2) is 60.7 Å². The first-order chi connectivity index (χ1) is 16.4. The fourth-order valence-electron chi connectivity index (χ4n) is 5.09. The maximum absolute atomic E-state index is 13.4. The molecule has 2 aromatic carbocycles. The molecule has 0 N–H and O–H groups in total. The molecule has 7 nitrogen and oxygen atoms in total. The molecule has 2 aliphatic heterocycles. The van der Waals surface area contributed by atoms with E-state index in [1.165, 1.54) is 0 Å². The van der Waals surface area contributed by atoms with Gasteiger partial charge in [-0.1, -0.05) is 36.4 Å².